The summed E-state index contributed by atoms with van der Waals surface area (Å²) in [5, 5.41) is 11.3. The molecule has 0 bridgehead atoms. The zero-order chi connectivity index (χ0) is 27.4. The second-order valence-corrected chi connectivity index (χ2v) is 10.3. The van der Waals surface area contributed by atoms with Crippen LogP contribution >= 0.6 is 0 Å². The zero-order valence-corrected chi connectivity index (χ0v) is 22.6. The number of hydrogen-bond acceptors (Lipinski definition) is 8. The molecule has 2 aliphatic carbocycles. The highest BCUT2D eigenvalue weighted by Gasteiger charge is 2.33. The largest absolute Gasteiger partial charge is 0.488 e. The van der Waals surface area contributed by atoms with Gasteiger partial charge < -0.3 is 19.5 Å². The van der Waals surface area contributed by atoms with Crippen LogP contribution in [0, 0.1) is 5.92 Å². The van der Waals surface area contributed by atoms with Gasteiger partial charge in [0.15, 0.2) is 0 Å². The Labute approximate surface area is 228 Å². The molecular weight excluding hydrogens is 498 g/mol. The summed E-state index contributed by atoms with van der Waals surface area (Å²) in [5.74, 6) is 0.815. The standard InChI is InChI=1S/C29H35N5O5/c1-18(19-8-5-4-6-9-19)38-29(36)30-17-24-27(32-33-34(24)2)23-14-15-25(26(31-23)20-12-13-20)39-22-11-7-10-21(16-22)28(35)37-3/h4-6,8-9,14-15,18,20-22H,7,10-13,16-17H2,1-3H3,(H,30,36)/t18?,21-,22-/m0/s1. The summed E-state index contributed by atoms with van der Waals surface area (Å²) in [5.41, 5.74) is 3.83. The van der Waals surface area contributed by atoms with Gasteiger partial charge in [0.05, 0.1) is 42.8 Å². The molecule has 2 fully saturated rings. The number of benzene rings is 1. The number of alkyl carbamates (subject to hydrolysis) is 1. The fourth-order valence-corrected chi connectivity index (χ4v) is 5.08. The number of aromatic nitrogens is 4. The molecule has 1 N–H and O–H groups in total. The first-order chi connectivity index (χ1) is 18.9. The van der Waals surface area contributed by atoms with E-state index in [1.807, 2.05) is 49.4 Å². The van der Waals surface area contributed by atoms with Gasteiger partial charge in [0.1, 0.15) is 17.5 Å². The van der Waals surface area contributed by atoms with E-state index < -0.39 is 6.09 Å². The molecule has 3 aromatic rings. The summed E-state index contributed by atoms with van der Waals surface area (Å²) in [7, 11) is 3.22. The SMILES string of the molecule is COC(=O)[C@H]1CCC[C@H](Oc2ccc(-c3nnn(C)c3CNC(=O)OC(C)c3ccccc3)nc2C2CC2)C1. The highest BCUT2D eigenvalue weighted by molar-refractivity contribution is 5.72. The summed E-state index contributed by atoms with van der Waals surface area (Å²) < 4.78 is 18.5. The Bertz CT molecular complexity index is 1310. The molecule has 10 heteroatoms. The van der Waals surface area contributed by atoms with Crippen molar-refractivity contribution in [3.8, 4) is 17.1 Å². The summed E-state index contributed by atoms with van der Waals surface area (Å²) in [6, 6.07) is 13.4. The molecule has 1 amide bonds. The maximum Gasteiger partial charge on any atom is 0.408 e. The van der Waals surface area contributed by atoms with E-state index in [0.717, 1.165) is 54.8 Å². The van der Waals surface area contributed by atoms with Gasteiger partial charge in [-0.15, -0.1) is 5.10 Å². The van der Waals surface area contributed by atoms with E-state index in [9.17, 15) is 9.59 Å². The van der Waals surface area contributed by atoms with Crippen LogP contribution in [0.2, 0.25) is 0 Å². The van der Waals surface area contributed by atoms with Crippen LogP contribution < -0.4 is 10.1 Å². The molecule has 1 unspecified atom stereocenters. The van der Waals surface area contributed by atoms with Crippen LogP contribution in [0.4, 0.5) is 4.79 Å². The summed E-state index contributed by atoms with van der Waals surface area (Å²) in [4.78, 5) is 29.5. The number of hydrogen-bond donors (Lipinski definition) is 1. The first-order valence-corrected chi connectivity index (χ1v) is 13.6. The number of amides is 1. The highest BCUT2D eigenvalue weighted by Crippen LogP contribution is 2.45. The topological polar surface area (TPSA) is 117 Å². The van der Waals surface area contributed by atoms with Crippen LogP contribution in [0.3, 0.4) is 0 Å². The van der Waals surface area contributed by atoms with Gasteiger partial charge >= 0.3 is 12.1 Å². The molecule has 2 saturated carbocycles. The molecule has 5 rings (SSSR count). The first-order valence-electron chi connectivity index (χ1n) is 13.6. The smallest absolute Gasteiger partial charge is 0.408 e. The third-order valence-electron chi connectivity index (χ3n) is 7.44. The minimum Gasteiger partial charge on any atom is -0.488 e. The lowest BCUT2D eigenvalue weighted by atomic mass is 9.87. The molecule has 3 atom stereocenters. The molecular formula is C29H35N5O5. The molecule has 10 nitrogen and oxygen atoms in total. The van der Waals surface area contributed by atoms with Gasteiger partial charge in [-0.05, 0) is 63.1 Å². The van der Waals surface area contributed by atoms with Crippen LogP contribution in [0.1, 0.15) is 74.4 Å². The van der Waals surface area contributed by atoms with Crippen molar-refractivity contribution in [2.45, 2.75) is 70.1 Å². The van der Waals surface area contributed by atoms with Crippen molar-refractivity contribution in [1.29, 1.82) is 0 Å². The fraction of sp³-hybridized carbons (Fsp3) is 0.483. The van der Waals surface area contributed by atoms with Crippen molar-refractivity contribution >= 4 is 12.1 Å². The van der Waals surface area contributed by atoms with Gasteiger partial charge in [-0.1, -0.05) is 35.5 Å². The molecule has 2 heterocycles. The van der Waals surface area contributed by atoms with Gasteiger partial charge in [0, 0.05) is 13.0 Å². The van der Waals surface area contributed by atoms with Crippen molar-refractivity contribution in [3.05, 3.63) is 59.4 Å². The number of nitrogens with one attached hydrogen (secondary N) is 1. The highest BCUT2D eigenvalue weighted by atomic mass is 16.6. The molecule has 0 spiro atoms. The lowest BCUT2D eigenvalue weighted by Crippen LogP contribution is -2.30. The predicted molar refractivity (Wildman–Crippen MR) is 143 cm³/mol. The molecule has 2 aliphatic rings. The minimum absolute atomic E-state index is 0.0476. The van der Waals surface area contributed by atoms with Gasteiger partial charge in [-0.25, -0.2) is 14.5 Å². The number of ether oxygens (including phenoxy) is 3. The van der Waals surface area contributed by atoms with Gasteiger partial charge in [-0.2, -0.15) is 0 Å². The third-order valence-corrected chi connectivity index (χ3v) is 7.44. The molecule has 2 aromatic heterocycles. The van der Waals surface area contributed by atoms with Crippen LogP contribution in [-0.2, 0) is 27.9 Å². The lowest BCUT2D eigenvalue weighted by Gasteiger charge is -2.28. The van der Waals surface area contributed by atoms with E-state index in [-0.39, 0.29) is 30.6 Å². The second-order valence-electron chi connectivity index (χ2n) is 10.3. The van der Waals surface area contributed by atoms with E-state index in [4.69, 9.17) is 19.2 Å². The maximum absolute atomic E-state index is 12.5. The quantitative estimate of drug-likeness (QED) is 0.388. The molecule has 0 saturated heterocycles. The predicted octanol–water partition coefficient (Wildman–Crippen LogP) is 4.85. The number of carbonyl (C=O) groups excluding carboxylic acids is 2. The number of nitrogens with zero attached hydrogens (tertiary/aromatic N) is 4. The number of esters is 1. The Morgan fingerprint density at radius 1 is 1.10 bits per heavy atom. The van der Waals surface area contributed by atoms with E-state index in [0.29, 0.717) is 23.7 Å². The van der Waals surface area contributed by atoms with Crippen LogP contribution in [-0.4, -0.2) is 45.3 Å². The number of methoxy groups -OCH3 is 1. The average Bonchev–Trinajstić information content (AvgIpc) is 3.74. The number of pyridine rings is 1. The van der Waals surface area contributed by atoms with Crippen LogP contribution in [0.15, 0.2) is 42.5 Å². The molecule has 1 aromatic carbocycles. The third kappa shape index (κ3) is 6.38. The van der Waals surface area contributed by atoms with Crippen molar-refractivity contribution in [2.24, 2.45) is 13.0 Å². The Morgan fingerprint density at radius 3 is 2.64 bits per heavy atom. The Hall–Kier alpha value is -3.95. The van der Waals surface area contributed by atoms with E-state index in [1.165, 1.54) is 7.11 Å². The van der Waals surface area contributed by atoms with Gasteiger partial charge in [0.25, 0.3) is 0 Å². The lowest BCUT2D eigenvalue weighted by molar-refractivity contribution is -0.147. The minimum atomic E-state index is -0.522. The Balaban J connectivity index is 1.28. The van der Waals surface area contributed by atoms with E-state index in [1.54, 1.807) is 11.7 Å². The second kappa shape index (κ2) is 11.8. The van der Waals surface area contributed by atoms with Gasteiger partial charge in [0.2, 0.25) is 0 Å². The monoisotopic (exact) mass is 533 g/mol. The van der Waals surface area contributed by atoms with Crippen molar-refractivity contribution < 1.29 is 23.8 Å². The summed E-state index contributed by atoms with van der Waals surface area (Å²) in [6.45, 7) is 2.02. The van der Waals surface area contributed by atoms with Gasteiger partial charge in [-0.3, -0.25) is 4.79 Å². The Kier molecular flexibility index (Phi) is 8.09. The molecule has 39 heavy (non-hydrogen) atoms. The van der Waals surface area contributed by atoms with Crippen molar-refractivity contribution in [1.82, 2.24) is 25.3 Å². The summed E-state index contributed by atoms with van der Waals surface area (Å²) >= 11 is 0. The van der Waals surface area contributed by atoms with E-state index >= 15 is 0 Å². The number of rotatable bonds is 9. The Morgan fingerprint density at radius 2 is 1.90 bits per heavy atom. The normalized spacial score (nSPS) is 19.7. The summed E-state index contributed by atoms with van der Waals surface area (Å²) in [6.07, 6.45) is 4.48. The van der Waals surface area contributed by atoms with Crippen LogP contribution in [0.5, 0.6) is 5.75 Å². The van der Waals surface area contributed by atoms with Crippen molar-refractivity contribution in [3.63, 3.8) is 0 Å². The van der Waals surface area contributed by atoms with E-state index in [2.05, 4.69) is 15.6 Å². The molecule has 0 radical (unpaired) electrons. The van der Waals surface area contributed by atoms with Crippen LogP contribution in [0.25, 0.3) is 11.4 Å². The molecule has 0 aliphatic heterocycles. The average molecular weight is 534 g/mol. The maximum atomic E-state index is 12.5. The number of aryl methyl sites for hydroxylation is 1. The van der Waals surface area contributed by atoms with Crippen molar-refractivity contribution in [2.75, 3.05) is 7.11 Å². The zero-order valence-electron chi connectivity index (χ0n) is 22.6. The molecule has 206 valence electrons. The first kappa shape index (κ1) is 26.6. The number of carbonyl (C=O) groups is 2. The fourth-order valence-electron chi connectivity index (χ4n) is 5.08.